The van der Waals surface area contributed by atoms with E-state index in [4.69, 9.17) is 13.9 Å². The van der Waals surface area contributed by atoms with E-state index in [1.165, 1.54) is 24.3 Å². The fraction of sp³-hybridized carbons (Fsp3) is 0.385. The molecule has 0 unspecified atom stereocenters. The third-order valence-electron chi connectivity index (χ3n) is 6.01. The molecule has 0 atom stereocenters. The first-order valence-electron chi connectivity index (χ1n) is 10.8. The highest BCUT2D eigenvalue weighted by molar-refractivity contribution is 6.76. The third-order valence-corrected chi connectivity index (χ3v) is 11.5. The summed E-state index contributed by atoms with van der Waals surface area (Å²) < 4.78 is 16.8. The number of nitrogens with zero attached hydrogens (tertiary/aromatic N) is 1. The molecule has 0 aliphatic heterocycles. The van der Waals surface area contributed by atoms with Crippen molar-refractivity contribution < 1.29 is 18.7 Å². The highest BCUT2D eigenvalue weighted by atomic mass is 28.4. The van der Waals surface area contributed by atoms with Gasteiger partial charge < -0.3 is 13.9 Å². The van der Waals surface area contributed by atoms with Gasteiger partial charge in [0.15, 0.2) is 0 Å². The van der Waals surface area contributed by atoms with Crippen LogP contribution in [0.1, 0.15) is 49.9 Å². The van der Waals surface area contributed by atoms with Gasteiger partial charge in [0.2, 0.25) is 0 Å². The zero-order chi connectivity index (χ0) is 23.9. The summed E-state index contributed by atoms with van der Waals surface area (Å²) in [6.07, 6.45) is 3.19. The minimum absolute atomic E-state index is 0.310. The first kappa shape index (κ1) is 25.2. The lowest BCUT2D eigenvalue weighted by atomic mass is 10.1. The highest BCUT2D eigenvalue weighted by Gasteiger charge is 2.45. The second kappa shape index (κ2) is 11.0. The van der Waals surface area contributed by atoms with Gasteiger partial charge in [-0.1, -0.05) is 45.9 Å². The largest absolute Gasteiger partial charge is 0.542 e. The normalized spacial score (nSPS) is 11.6. The van der Waals surface area contributed by atoms with Crippen LogP contribution in [0.25, 0.3) is 6.08 Å². The lowest BCUT2D eigenvalue weighted by molar-refractivity contribution is -0.134. The minimum Gasteiger partial charge on any atom is -0.542 e. The zero-order valence-corrected chi connectivity index (χ0v) is 21.1. The second-order valence-electron chi connectivity index (χ2n) is 8.56. The number of methoxy groups -OCH3 is 2. The van der Waals surface area contributed by atoms with Gasteiger partial charge in [0, 0.05) is 18.2 Å². The van der Waals surface area contributed by atoms with Gasteiger partial charge in [-0.15, -0.1) is 0 Å². The molecule has 0 saturated carbocycles. The molecule has 0 heterocycles. The van der Waals surface area contributed by atoms with Crippen LogP contribution in [0.2, 0.25) is 11.1 Å². The molecule has 0 N–H and O–H groups in total. The Morgan fingerprint density at radius 2 is 1.78 bits per heavy atom. The molecule has 170 valence electrons. The van der Waals surface area contributed by atoms with Crippen molar-refractivity contribution in [3.63, 3.8) is 0 Å². The van der Waals surface area contributed by atoms with Crippen LogP contribution in [0.3, 0.4) is 0 Å². The van der Waals surface area contributed by atoms with Crippen LogP contribution >= 0.6 is 0 Å². The quantitative estimate of drug-likeness (QED) is 0.266. The van der Waals surface area contributed by atoms with Crippen molar-refractivity contribution in [2.24, 2.45) is 0 Å². The van der Waals surface area contributed by atoms with Crippen molar-refractivity contribution in [2.45, 2.75) is 51.7 Å². The first-order valence-corrected chi connectivity index (χ1v) is 13.1. The van der Waals surface area contributed by atoms with Gasteiger partial charge in [-0.25, -0.2) is 4.79 Å². The minimum atomic E-state index is -2.42. The SMILES string of the molecule is COC(=O)/C=C/c1ccc(C)c(C[Si](Oc2ccc(OC)cc2C#N)(C(C)C)C(C)C)c1. The van der Waals surface area contributed by atoms with Crippen LogP contribution in [-0.2, 0) is 15.6 Å². The van der Waals surface area contributed by atoms with Gasteiger partial charge >= 0.3 is 5.97 Å². The van der Waals surface area contributed by atoms with E-state index in [0.29, 0.717) is 28.1 Å². The second-order valence-corrected chi connectivity index (χ2v) is 13.3. The van der Waals surface area contributed by atoms with Crippen LogP contribution < -0.4 is 9.16 Å². The molecule has 0 spiro atoms. The molecule has 0 aromatic heterocycles. The molecule has 5 nitrogen and oxygen atoms in total. The average Bonchev–Trinajstić information content (AvgIpc) is 2.78. The van der Waals surface area contributed by atoms with Crippen LogP contribution in [0.4, 0.5) is 0 Å². The van der Waals surface area contributed by atoms with Crippen LogP contribution in [0.5, 0.6) is 11.5 Å². The van der Waals surface area contributed by atoms with Crippen LogP contribution in [0, 0.1) is 18.3 Å². The summed E-state index contributed by atoms with van der Waals surface area (Å²) in [5.41, 5.74) is 4.41. The van der Waals surface area contributed by atoms with Crippen molar-refractivity contribution in [2.75, 3.05) is 14.2 Å². The van der Waals surface area contributed by atoms with Gasteiger partial charge in [0.05, 0.1) is 19.8 Å². The smallest absolute Gasteiger partial charge is 0.330 e. The van der Waals surface area contributed by atoms with Crippen molar-refractivity contribution in [3.05, 3.63) is 64.7 Å². The zero-order valence-electron chi connectivity index (χ0n) is 20.1. The Bertz CT molecular complexity index is 1010. The monoisotopic (exact) mass is 451 g/mol. The Morgan fingerprint density at radius 3 is 2.34 bits per heavy atom. The number of rotatable bonds is 9. The summed E-state index contributed by atoms with van der Waals surface area (Å²) >= 11 is 0. The molecule has 0 amide bonds. The number of carbonyl (C=O) groups is 1. The van der Waals surface area contributed by atoms with E-state index in [9.17, 15) is 10.1 Å². The maximum Gasteiger partial charge on any atom is 0.330 e. The van der Waals surface area contributed by atoms with Crippen LogP contribution in [-0.4, -0.2) is 28.5 Å². The molecule has 0 saturated heterocycles. The van der Waals surface area contributed by atoms with E-state index in [1.54, 1.807) is 19.3 Å². The van der Waals surface area contributed by atoms with Gasteiger partial charge in [-0.3, -0.25) is 0 Å². The Kier molecular flexibility index (Phi) is 8.68. The number of hydrogen-bond acceptors (Lipinski definition) is 5. The molecule has 2 aromatic carbocycles. The number of esters is 1. The lowest BCUT2D eigenvalue weighted by Gasteiger charge is -2.39. The Morgan fingerprint density at radius 1 is 1.09 bits per heavy atom. The summed E-state index contributed by atoms with van der Waals surface area (Å²) in [6.45, 7) is 10.9. The number of carbonyl (C=O) groups excluding carboxylic acids is 1. The summed E-state index contributed by atoms with van der Waals surface area (Å²) in [7, 11) is 0.531. The van der Waals surface area contributed by atoms with Crippen molar-refractivity contribution in [1.29, 1.82) is 5.26 Å². The van der Waals surface area contributed by atoms with Crippen molar-refractivity contribution >= 4 is 20.4 Å². The lowest BCUT2D eigenvalue weighted by Crippen LogP contribution is -2.51. The first-order chi connectivity index (χ1) is 15.2. The fourth-order valence-electron chi connectivity index (χ4n) is 3.88. The molecular weight excluding hydrogens is 418 g/mol. The summed E-state index contributed by atoms with van der Waals surface area (Å²) in [6, 6.07) is 14.6. The predicted molar refractivity (Wildman–Crippen MR) is 130 cm³/mol. The molecule has 0 bridgehead atoms. The van der Waals surface area contributed by atoms with E-state index >= 15 is 0 Å². The Hall–Kier alpha value is -3.04. The number of nitriles is 1. The van der Waals surface area contributed by atoms with E-state index in [2.05, 4.69) is 52.8 Å². The highest BCUT2D eigenvalue weighted by Crippen LogP contribution is 2.39. The molecule has 0 aliphatic carbocycles. The van der Waals surface area contributed by atoms with E-state index < -0.39 is 8.32 Å². The van der Waals surface area contributed by atoms with E-state index in [0.717, 1.165) is 11.6 Å². The number of benzene rings is 2. The molecular formula is C26H33NO4Si. The predicted octanol–water partition coefficient (Wildman–Crippen LogP) is 5.99. The number of aryl methyl sites for hydroxylation is 1. The average molecular weight is 452 g/mol. The molecule has 6 heteroatoms. The standard InChI is InChI=1S/C26H33NO4Si/c1-18(2)32(19(3)4,31-25-12-11-24(29-6)15-22(25)16-27)17-23-14-21(9-8-20(23)5)10-13-26(28)30-7/h8-15,18-19H,17H2,1-7H3/b13-10+. The summed E-state index contributed by atoms with van der Waals surface area (Å²) in [5, 5.41) is 9.69. The van der Waals surface area contributed by atoms with Gasteiger partial charge in [-0.2, -0.15) is 5.26 Å². The molecule has 2 rings (SSSR count). The Balaban J connectivity index is 2.50. The summed E-state index contributed by atoms with van der Waals surface area (Å²) in [5.74, 6) is 0.866. The third kappa shape index (κ3) is 5.80. The van der Waals surface area contributed by atoms with Gasteiger partial charge in [0.25, 0.3) is 8.32 Å². The van der Waals surface area contributed by atoms with E-state index in [1.807, 2.05) is 18.2 Å². The number of ether oxygens (including phenoxy) is 2. The van der Waals surface area contributed by atoms with Crippen molar-refractivity contribution in [3.8, 4) is 17.6 Å². The maximum absolute atomic E-state index is 11.5. The topological polar surface area (TPSA) is 68.6 Å². The molecule has 0 fully saturated rings. The maximum atomic E-state index is 11.5. The molecule has 0 radical (unpaired) electrons. The molecule has 32 heavy (non-hydrogen) atoms. The van der Waals surface area contributed by atoms with Gasteiger partial charge in [-0.05, 0) is 52.9 Å². The van der Waals surface area contributed by atoms with Crippen molar-refractivity contribution in [1.82, 2.24) is 0 Å². The Labute approximate surface area is 192 Å². The fourth-order valence-corrected chi connectivity index (χ4v) is 8.14. The molecule has 2 aromatic rings. The van der Waals surface area contributed by atoms with Gasteiger partial charge in [0.1, 0.15) is 17.6 Å². The summed E-state index contributed by atoms with van der Waals surface area (Å²) in [4.78, 5) is 11.5. The van der Waals surface area contributed by atoms with E-state index in [-0.39, 0.29) is 5.97 Å². The molecule has 0 aliphatic rings. The number of hydrogen-bond donors (Lipinski definition) is 0. The van der Waals surface area contributed by atoms with Crippen LogP contribution in [0.15, 0.2) is 42.5 Å².